The van der Waals surface area contributed by atoms with Crippen LogP contribution in [0, 0.1) is 23.7 Å². The Morgan fingerprint density at radius 2 is 1.74 bits per heavy atom. The van der Waals surface area contributed by atoms with Crippen LogP contribution in [-0.2, 0) is 16.0 Å². The van der Waals surface area contributed by atoms with Crippen LogP contribution in [0.1, 0.15) is 25.3 Å². The fourth-order valence-electron chi connectivity index (χ4n) is 5.47. The molecular weight excluding hydrogens is 386 g/mol. The molecule has 2 amide bonds. The van der Waals surface area contributed by atoms with Gasteiger partial charge in [-0.05, 0) is 66.9 Å². The summed E-state index contributed by atoms with van der Waals surface area (Å²) in [6.45, 7) is 2.50. The Hall–Kier alpha value is -3.14. The summed E-state index contributed by atoms with van der Waals surface area (Å²) >= 11 is 0. The molecule has 1 aliphatic heterocycles. The van der Waals surface area contributed by atoms with Gasteiger partial charge in [0.1, 0.15) is 5.75 Å². The minimum Gasteiger partial charge on any atom is -0.508 e. The number of phenolic OH excluding ortho intramolecular Hbond substituents is 1. The third kappa shape index (κ3) is 3.60. The van der Waals surface area contributed by atoms with Crippen LogP contribution in [0.15, 0.2) is 83.5 Å². The number of amides is 2. The molecule has 0 radical (unpaired) electrons. The smallest absolute Gasteiger partial charge is 0.234 e. The Labute approximate surface area is 183 Å². The molecule has 1 N–H and O–H groups in total. The lowest BCUT2D eigenvalue weighted by molar-refractivity contribution is -0.140. The van der Waals surface area contributed by atoms with Gasteiger partial charge < -0.3 is 5.11 Å². The molecule has 0 aromatic heterocycles. The maximum Gasteiger partial charge on any atom is 0.234 e. The third-order valence-corrected chi connectivity index (χ3v) is 7.15. The van der Waals surface area contributed by atoms with E-state index in [1.165, 1.54) is 21.6 Å². The SMILES string of the molecule is CC(Cc1ccc(O)cc1)=C1C=CC(C=CCN2C(=O)C3C4C=CC(C4)C3C2=O)=CC1. The molecule has 2 fully saturated rings. The number of likely N-dealkylation sites (tertiary alicyclic amines) is 1. The molecule has 1 saturated heterocycles. The summed E-state index contributed by atoms with van der Waals surface area (Å²) in [5.74, 6) is 0.608. The average molecular weight is 414 g/mol. The van der Waals surface area contributed by atoms with Gasteiger partial charge in [-0.1, -0.05) is 60.2 Å². The molecule has 158 valence electrons. The van der Waals surface area contributed by atoms with Crippen molar-refractivity contribution in [3.63, 3.8) is 0 Å². The molecule has 4 unspecified atom stereocenters. The van der Waals surface area contributed by atoms with E-state index in [9.17, 15) is 14.7 Å². The van der Waals surface area contributed by atoms with Crippen molar-refractivity contribution < 1.29 is 14.7 Å². The molecule has 0 spiro atoms. The van der Waals surface area contributed by atoms with E-state index in [0.717, 1.165) is 24.8 Å². The second kappa shape index (κ2) is 7.84. The number of nitrogens with zero attached hydrogens (tertiary/aromatic N) is 1. The molecule has 1 heterocycles. The topological polar surface area (TPSA) is 57.6 Å². The number of imide groups is 1. The molecule has 31 heavy (non-hydrogen) atoms. The van der Waals surface area contributed by atoms with Crippen molar-refractivity contribution >= 4 is 11.8 Å². The number of hydrogen-bond acceptors (Lipinski definition) is 3. The zero-order chi connectivity index (χ0) is 21.5. The van der Waals surface area contributed by atoms with Gasteiger partial charge in [-0.2, -0.15) is 0 Å². The zero-order valence-corrected chi connectivity index (χ0v) is 17.7. The Morgan fingerprint density at radius 1 is 1.06 bits per heavy atom. The van der Waals surface area contributed by atoms with E-state index < -0.39 is 0 Å². The minimum absolute atomic E-state index is 0.0136. The summed E-state index contributed by atoms with van der Waals surface area (Å²) in [6, 6.07) is 7.34. The molecule has 4 aliphatic rings. The number of benzene rings is 1. The Balaban J connectivity index is 1.18. The Morgan fingerprint density at radius 3 is 2.35 bits per heavy atom. The van der Waals surface area contributed by atoms with Crippen LogP contribution in [0.5, 0.6) is 5.75 Å². The van der Waals surface area contributed by atoms with Gasteiger partial charge in [0.25, 0.3) is 0 Å². The lowest BCUT2D eigenvalue weighted by Crippen LogP contribution is -2.33. The largest absolute Gasteiger partial charge is 0.508 e. The monoisotopic (exact) mass is 413 g/mol. The van der Waals surface area contributed by atoms with E-state index in [1.54, 1.807) is 12.1 Å². The van der Waals surface area contributed by atoms with Gasteiger partial charge in [0.05, 0.1) is 11.8 Å². The molecule has 4 nitrogen and oxygen atoms in total. The van der Waals surface area contributed by atoms with Crippen molar-refractivity contribution in [2.75, 3.05) is 6.54 Å². The first kappa shape index (κ1) is 19.8. The molecule has 3 aliphatic carbocycles. The highest BCUT2D eigenvalue weighted by Gasteiger charge is 2.58. The normalized spacial score (nSPS) is 30.5. The van der Waals surface area contributed by atoms with Gasteiger partial charge in [0.2, 0.25) is 11.8 Å². The molecule has 1 aromatic carbocycles. The molecule has 1 aromatic rings. The first-order valence-electron chi connectivity index (χ1n) is 11.1. The number of allylic oxidation sites excluding steroid dienone is 9. The van der Waals surface area contributed by atoms with Gasteiger partial charge in [-0.15, -0.1) is 0 Å². The Kier molecular flexibility index (Phi) is 5.01. The second-order valence-corrected chi connectivity index (χ2v) is 9.08. The van der Waals surface area contributed by atoms with Crippen LogP contribution in [0.4, 0.5) is 0 Å². The maximum absolute atomic E-state index is 12.7. The van der Waals surface area contributed by atoms with Crippen molar-refractivity contribution in [2.45, 2.75) is 26.2 Å². The number of hydrogen-bond donors (Lipinski definition) is 1. The first-order valence-corrected chi connectivity index (χ1v) is 11.1. The minimum atomic E-state index is -0.117. The number of aromatic hydroxyl groups is 1. The van der Waals surface area contributed by atoms with Crippen LogP contribution in [-0.4, -0.2) is 28.4 Å². The molecule has 5 rings (SSSR count). The first-order chi connectivity index (χ1) is 15.0. The van der Waals surface area contributed by atoms with E-state index in [1.807, 2.05) is 24.3 Å². The van der Waals surface area contributed by atoms with Crippen molar-refractivity contribution in [3.05, 3.63) is 89.1 Å². The number of carbonyl (C=O) groups excluding carboxylic acids is 2. The van der Waals surface area contributed by atoms with Crippen LogP contribution < -0.4 is 0 Å². The van der Waals surface area contributed by atoms with Gasteiger partial charge in [-0.3, -0.25) is 14.5 Å². The average Bonchev–Trinajstić information content (AvgIpc) is 3.45. The van der Waals surface area contributed by atoms with Gasteiger partial charge in [0, 0.05) is 6.54 Å². The van der Waals surface area contributed by atoms with E-state index in [-0.39, 0.29) is 41.2 Å². The predicted octanol–water partition coefficient (Wildman–Crippen LogP) is 4.50. The number of phenols is 1. The zero-order valence-electron chi connectivity index (χ0n) is 17.7. The summed E-state index contributed by atoms with van der Waals surface area (Å²) in [4.78, 5) is 26.9. The number of fused-ring (bicyclic) bond motifs is 5. The predicted molar refractivity (Wildman–Crippen MR) is 120 cm³/mol. The third-order valence-electron chi connectivity index (χ3n) is 7.15. The van der Waals surface area contributed by atoms with E-state index in [2.05, 4.69) is 37.3 Å². The fraction of sp³-hybridized carbons (Fsp3) is 0.333. The summed E-state index contributed by atoms with van der Waals surface area (Å²) in [5, 5.41) is 9.42. The molecule has 4 atom stereocenters. The Bertz CT molecular complexity index is 1040. The van der Waals surface area contributed by atoms with Crippen molar-refractivity contribution in [1.82, 2.24) is 4.90 Å². The van der Waals surface area contributed by atoms with Crippen molar-refractivity contribution in [2.24, 2.45) is 23.7 Å². The highest BCUT2D eigenvalue weighted by Crippen LogP contribution is 2.52. The van der Waals surface area contributed by atoms with Gasteiger partial charge in [0.15, 0.2) is 0 Å². The van der Waals surface area contributed by atoms with Crippen LogP contribution in [0.2, 0.25) is 0 Å². The van der Waals surface area contributed by atoms with E-state index in [0.29, 0.717) is 6.54 Å². The van der Waals surface area contributed by atoms with Crippen LogP contribution in [0.3, 0.4) is 0 Å². The van der Waals surface area contributed by atoms with Crippen LogP contribution in [0.25, 0.3) is 0 Å². The highest BCUT2D eigenvalue weighted by atomic mass is 16.3. The molecule has 1 saturated carbocycles. The van der Waals surface area contributed by atoms with Crippen molar-refractivity contribution in [3.8, 4) is 5.75 Å². The summed E-state index contributed by atoms with van der Waals surface area (Å²) < 4.78 is 0. The molecular formula is C27H27NO3. The standard InChI is InChI=1S/C27H27NO3/c1-17(15-19-6-12-23(29)13-7-19)20-8-4-18(5-9-20)3-2-14-28-26(30)24-21-10-11-22(16-21)25(24)27(28)31/h2-8,10-13,21-22,24-25,29H,9,14-16H2,1H3. The fourth-order valence-corrected chi connectivity index (χ4v) is 5.47. The van der Waals surface area contributed by atoms with Crippen LogP contribution >= 0.6 is 0 Å². The maximum atomic E-state index is 12.7. The summed E-state index contributed by atoms with van der Waals surface area (Å²) in [5.41, 5.74) is 4.89. The van der Waals surface area contributed by atoms with Gasteiger partial charge in [-0.25, -0.2) is 0 Å². The van der Waals surface area contributed by atoms with E-state index >= 15 is 0 Å². The number of carbonyl (C=O) groups is 2. The summed E-state index contributed by atoms with van der Waals surface area (Å²) in [6.07, 6.45) is 17.3. The quantitative estimate of drug-likeness (QED) is 0.571. The molecule has 2 bridgehead atoms. The molecule has 4 heteroatoms. The lowest BCUT2D eigenvalue weighted by atomic mass is 9.85. The summed E-state index contributed by atoms with van der Waals surface area (Å²) in [7, 11) is 0. The lowest BCUT2D eigenvalue weighted by Gasteiger charge is -2.15. The van der Waals surface area contributed by atoms with E-state index in [4.69, 9.17) is 0 Å². The number of rotatable bonds is 5. The van der Waals surface area contributed by atoms with Gasteiger partial charge >= 0.3 is 0 Å². The van der Waals surface area contributed by atoms with Crippen molar-refractivity contribution in [1.29, 1.82) is 0 Å². The highest BCUT2D eigenvalue weighted by molar-refractivity contribution is 6.06. The second-order valence-electron chi connectivity index (χ2n) is 9.08.